The number of phenolic OH excluding ortho intramolecular Hbond substituents is 1. The number of hydrogen-bond donors (Lipinski definition) is 15. The van der Waals surface area contributed by atoms with E-state index in [2.05, 4.69) is 47.4 Å². The predicted molar refractivity (Wildman–Crippen MR) is 270 cm³/mol. The van der Waals surface area contributed by atoms with Crippen molar-refractivity contribution in [2.24, 2.45) is 23.5 Å². The number of aliphatic hydroxyl groups is 8. The molecule has 428 valence electrons. The van der Waals surface area contributed by atoms with E-state index in [1.54, 1.807) is 0 Å². The Bertz CT molecular complexity index is 2140. The Morgan fingerprint density at radius 1 is 0.724 bits per heavy atom. The number of nitrogens with zero attached hydrogens (tertiary/aromatic N) is 2. The van der Waals surface area contributed by atoms with E-state index in [0.29, 0.717) is 29.6 Å². The number of nitrogens with two attached hydrogens (primary N) is 1. The summed E-state index contributed by atoms with van der Waals surface area (Å²) < 4.78 is 0. The molecule has 3 heterocycles. The molecule has 0 saturated carbocycles. The number of amides is 8. The monoisotopic (exact) mass is 1080 g/mol. The van der Waals surface area contributed by atoms with Gasteiger partial charge in [-0.3, -0.25) is 38.4 Å². The van der Waals surface area contributed by atoms with Crippen molar-refractivity contribution in [3.8, 4) is 5.75 Å². The van der Waals surface area contributed by atoms with Crippen LogP contribution in [0.25, 0.3) is 0 Å². The second-order valence-corrected chi connectivity index (χ2v) is 21.2. The second-order valence-electron chi connectivity index (χ2n) is 21.2. The van der Waals surface area contributed by atoms with Crippen LogP contribution in [-0.4, -0.2) is 195 Å². The minimum absolute atomic E-state index is 0.0813. The maximum absolute atomic E-state index is 14.5. The highest BCUT2D eigenvalue weighted by atomic mass is 16.3. The maximum atomic E-state index is 14.5. The van der Waals surface area contributed by atoms with Gasteiger partial charge in [0.25, 0.3) is 0 Å². The third kappa shape index (κ3) is 17.5. The number of benzene rings is 1. The first kappa shape index (κ1) is 63.0. The lowest BCUT2D eigenvalue weighted by Gasteiger charge is -2.34. The van der Waals surface area contributed by atoms with E-state index in [1.165, 1.54) is 13.3 Å². The molecule has 8 amide bonds. The minimum Gasteiger partial charge on any atom is -0.508 e. The number of carbonyl (C=O) groups is 8. The summed E-state index contributed by atoms with van der Waals surface area (Å²) in [4.78, 5) is 113. The average molecular weight is 1080 g/mol. The molecule has 3 aliphatic rings. The number of aliphatic hydroxyl groups excluding tert-OH is 8. The third-order valence-electron chi connectivity index (χ3n) is 14.7. The fourth-order valence-corrected chi connectivity index (χ4v) is 10.0. The largest absolute Gasteiger partial charge is 0.508 e. The van der Waals surface area contributed by atoms with E-state index in [0.717, 1.165) is 74.6 Å². The lowest BCUT2D eigenvalue weighted by molar-refractivity contribution is -0.149. The molecule has 25 nitrogen and oxygen atoms in total. The van der Waals surface area contributed by atoms with Gasteiger partial charge in [-0.25, -0.2) is 0 Å². The van der Waals surface area contributed by atoms with Crippen LogP contribution in [0.2, 0.25) is 0 Å². The first-order valence-corrected chi connectivity index (χ1v) is 26.4. The van der Waals surface area contributed by atoms with Gasteiger partial charge < -0.3 is 88.1 Å². The molecular formula is C51H82N8O17. The fourth-order valence-electron chi connectivity index (χ4n) is 10.0. The lowest BCUT2D eigenvalue weighted by Crippen LogP contribution is -2.64. The highest BCUT2D eigenvalue weighted by molar-refractivity contribution is 5.98. The molecule has 3 saturated heterocycles. The second kappa shape index (κ2) is 29.3. The summed E-state index contributed by atoms with van der Waals surface area (Å²) in [6.45, 7) is 8.17. The Kier molecular flexibility index (Phi) is 24.3. The van der Waals surface area contributed by atoms with E-state index in [4.69, 9.17) is 5.73 Å². The Hall–Kier alpha value is -5.54. The first-order valence-electron chi connectivity index (χ1n) is 26.4. The van der Waals surface area contributed by atoms with Gasteiger partial charge in [0.2, 0.25) is 47.3 Å². The molecule has 0 spiro atoms. The van der Waals surface area contributed by atoms with Crippen LogP contribution in [0.15, 0.2) is 24.3 Å². The van der Waals surface area contributed by atoms with Gasteiger partial charge in [-0.1, -0.05) is 84.8 Å². The Labute approximate surface area is 442 Å². The summed E-state index contributed by atoms with van der Waals surface area (Å²) in [5.74, 6) is -9.52. The van der Waals surface area contributed by atoms with E-state index in [-0.39, 0.29) is 17.7 Å². The van der Waals surface area contributed by atoms with Crippen LogP contribution in [0, 0.1) is 17.8 Å². The number of phenols is 1. The topological polar surface area (TPSA) is 411 Å². The molecule has 3 fully saturated rings. The van der Waals surface area contributed by atoms with Crippen LogP contribution < -0.4 is 32.3 Å². The maximum Gasteiger partial charge on any atom is 0.248 e. The van der Waals surface area contributed by atoms with Gasteiger partial charge >= 0.3 is 0 Å². The molecule has 25 heteroatoms. The summed E-state index contributed by atoms with van der Waals surface area (Å²) in [5, 5.41) is 111. The van der Waals surface area contributed by atoms with Crippen molar-refractivity contribution in [1.82, 2.24) is 36.4 Å². The number of unbranched alkanes of at least 4 members (excludes halogenated alkanes) is 5. The predicted octanol–water partition coefficient (Wildman–Crippen LogP) is -3.10. The highest BCUT2D eigenvalue weighted by Gasteiger charge is 2.50. The van der Waals surface area contributed by atoms with E-state index in [9.17, 15) is 84.3 Å². The molecule has 0 bridgehead atoms. The zero-order valence-corrected chi connectivity index (χ0v) is 44.0. The number of rotatable bonds is 20. The number of hydrogen-bond acceptors (Lipinski definition) is 17. The molecule has 1 aromatic rings. The molecule has 2 unspecified atom stereocenters. The van der Waals surface area contributed by atoms with Crippen molar-refractivity contribution in [3.63, 3.8) is 0 Å². The zero-order chi connectivity index (χ0) is 56.7. The Morgan fingerprint density at radius 3 is 1.93 bits per heavy atom. The van der Waals surface area contributed by atoms with Crippen molar-refractivity contribution >= 4 is 47.3 Å². The fraction of sp³-hybridized carbons (Fsp3) is 0.725. The molecule has 17 atom stereocenters. The number of primary amides is 1. The number of aromatic hydroxyl groups is 1. The molecule has 0 radical (unpaired) electrons. The van der Waals surface area contributed by atoms with E-state index < -0.39 is 171 Å². The zero-order valence-electron chi connectivity index (χ0n) is 44.0. The van der Waals surface area contributed by atoms with E-state index in [1.807, 2.05) is 0 Å². The summed E-state index contributed by atoms with van der Waals surface area (Å²) in [5.41, 5.74) is 5.23. The SMILES string of the molecule is CCC(C)CC(C)CCCCCCCCC(=O)N[C@H]1C[C@@H](O)[C@@H](O)NC(=O)[C@@H]2[C@@H](O)[C@@H](C)CN2C(=O)[C@H]([C@H](O)CC(N)=O)NC(=O)[C@H]([C@H](O)[C@@H](O)c2ccc(O)cc2)NC(=O)[C@@H]2C[C@@H](O)CN2C(=O)[C@H]([C@@H](C)O)NC1=O. The quantitative estimate of drug-likeness (QED) is 0.0575. The van der Waals surface area contributed by atoms with Crippen LogP contribution in [0.4, 0.5) is 0 Å². The van der Waals surface area contributed by atoms with Crippen molar-refractivity contribution < 1.29 is 84.3 Å². The molecule has 1 aromatic carbocycles. The minimum atomic E-state index is -2.37. The normalized spacial score (nSPS) is 29.8. The first-order chi connectivity index (χ1) is 35.7. The summed E-state index contributed by atoms with van der Waals surface area (Å²) in [7, 11) is 0. The molecule has 0 aromatic heterocycles. The third-order valence-corrected chi connectivity index (χ3v) is 14.7. The van der Waals surface area contributed by atoms with Gasteiger partial charge in [0.15, 0.2) is 6.23 Å². The number of carbonyl (C=O) groups excluding carboxylic acids is 8. The Balaban J connectivity index is 1.71. The Morgan fingerprint density at radius 2 is 1.32 bits per heavy atom. The van der Waals surface area contributed by atoms with Crippen molar-refractivity contribution in [2.75, 3.05) is 13.1 Å². The molecule has 0 aliphatic carbocycles. The smallest absolute Gasteiger partial charge is 0.248 e. The van der Waals surface area contributed by atoms with Gasteiger partial charge in [-0.15, -0.1) is 0 Å². The summed E-state index contributed by atoms with van der Waals surface area (Å²) >= 11 is 0. The van der Waals surface area contributed by atoms with Crippen molar-refractivity contribution in [3.05, 3.63) is 29.8 Å². The van der Waals surface area contributed by atoms with E-state index >= 15 is 0 Å². The van der Waals surface area contributed by atoms with Gasteiger partial charge in [0.1, 0.15) is 60.3 Å². The van der Waals surface area contributed by atoms with Crippen LogP contribution in [0.5, 0.6) is 5.75 Å². The van der Waals surface area contributed by atoms with Gasteiger partial charge in [0.05, 0.1) is 30.8 Å². The van der Waals surface area contributed by atoms with Crippen molar-refractivity contribution in [2.45, 2.75) is 203 Å². The standard InChI is InChI=1S/C51H82N8O17/c1-6-25(2)19-26(3)13-11-9-7-8-10-12-14-37(66)53-32-21-35(64)47(72)57-49(74)41-42(67)27(4)23-59(41)51(76)39(34(63)22-36(52)65)55-48(73)40(44(69)43(68)29-15-17-30(61)18-16-29)56-46(71)33-20-31(62)24-58(33)50(75)38(28(5)60)54-45(32)70/h15-18,25-28,31-35,38-44,47,60-64,67-69,72H,6-14,19-24H2,1-5H3,(H2,52,65)(H,53,66)(H,54,70)(H,55,73)(H,56,71)(H,57,74)/t25?,26?,27-,28+,31+,32-,33-,34+,35+,38-,39-,40-,41-,42-,43-,44-,47+/m0/s1. The van der Waals surface area contributed by atoms with Crippen molar-refractivity contribution in [1.29, 1.82) is 0 Å². The molecule has 3 aliphatic heterocycles. The molecular weight excluding hydrogens is 997 g/mol. The number of nitrogens with one attached hydrogen (secondary N) is 5. The van der Waals surface area contributed by atoms with Gasteiger partial charge in [0, 0.05) is 38.3 Å². The molecule has 4 rings (SSSR count). The van der Waals surface area contributed by atoms with Crippen LogP contribution >= 0.6 is 0 Å². The van der Waals surface area contributed by atoms with Crippen LogP contribution in [-0.2, 0) is 38.4 Å². The molecule has 16 N–H and O–H groups in total. The lowest BCUT2D eigenvalue weighted by atomic mass is 9.91. The van der Waals surface area contributed by atoms with Gasteiger partial charge in [-0.05, 0) is 49.3 Å². The van der Waals surface area contributed by atoms with Crippen LogP contribution in [0.3, 0.4) is 0 Å². The van der Waals surface area contributed by atoms with Crippen LogP contribution in [0.1, 0.15) is 130 Å². The number of fused-ring (bicyclic) bond motifs is 2. The molecule has 76 heavy (non-hydrogen) atoms. The van der Waals surface area contributed by atoms with Gasteiger partial charge in [-0.2, -0.15) is 0 Å². The summed E-state index contributed by atoms with van der Waals surface area (Å²) in [6, 6.07) is -7.42. The average Bonchev–Trinajstić information content (AvgIpc) is 3.90. The summed E-state index contributed by atoms with van der Waals surface area (Å²) in [6.07, 6.45) is -9.95. The highest BCUT2D eigenvalue weighted by Crippen LogP contribution is 2.28.